The van der Waals surface area contributed by atoms with E-state index in [4.69, 9.17) is 22.1 Å². The molecule has 2 aromatic rings. The summed E-state index contributed by atoms with van der Waals surface area (Å²) in [4.78, 5) is 3.99. The second-order valence-electron chi connectivity index (χ2n) is 5.32. The molecule has 106 valence electrons. The van der Waals surface area contributed by atoms with Gasteiger partial charge in [0.05, 0.1) is 12.1 Å². The van der Waals surface area contributed by atoms with E-state index >= 15 is 0 Å². The molecule has 20 heavy (non-hydrogen) atoms. The van der Waals surface area contributed by atoms with Crippen LogP contribution in [-0.2, 0) is 12.8 Å². The summed E-state index contributed by atoms with van der Waals surface area (Å²) in [6.45, 7) is 2.04. The summed E-state index contributed by atoms with van der Waals surface area (Å²) in [6, 6.07) is 9.90. The van der Waals surface area contributed by atoms with Crippen LogP contribution >= 0.6 is 11.6 Å². The Labute approximate surface area is 124 Å². The van der Waals surface area contributed by atoms with E-state index < -0.39 is 0 Å². The molecule has 0 spiro atoms. The minimum absolute atomic E-state index is 0.362. The van der Waals surface area contributed by atoms with Crippen molar-refractivity contribution in [3.8, 4) is 5.75 Å². The van der Waals surface area contributed by atoms with E-state index in [1.165, 1.54) is 5.56 Å². The third-order valence-corrected chi connectivity index (χ3v) is 3.56. The van der Waals surface area contributed by atoms with Gasteiger partial charge in [-0.05, 0) is 49.1 Å². The first kappa shape index (κ1) is 14.8. The molecule has 3 nitrogen and oxygen atoms in total. The first-order valence-electron chi connectivity index (χ1n) is 6.50. The van der Waals surface area contributed by atoms with E-state index in [-0.39, 0.29) is 5.54 Å². The van der Waals surface area contributed by atoms with Gasteiger partial charge in [0.15, 0.2) is 0 Å². The van der Waals surface area contributed by atoms with Crippen LogP contribution < -0.4 is 10.5 Å². The number of aromatic nitrogens is 1. The van der Waals surface area contributed by atoms with Gasteiger partial charge >= 0.3 is 0 Å². The van der Waals surface area contributed by atoms with Crippen LogP contribution in [-0.4, -0.2) is 17.6 Å². The number of nitrogens with zero attached hydrogens (tertiary/aromatic N) is 1. The summed E-state index contributed by atoms with van der Waals surface area (Å²) in [7, 11) is 1.66. The molecule has 0 bridgehead atoms. The first-order chi connectivity index (χ1) is 9.50. The second-order valence-corrected chi connectivity index (χ2v) is 5.73. The molecule has 1 heterocycles. The van der Waals surface area contributed by atoms with Gasteiger partial charge in [0.25, 0.3) is 0 Å². The molecule has 1 aromatic carbocycles. The Morgan fingerprint density at radius 1 is 1.20 bits per heavy atom. The van der Waals surface area contributed by atoms with Gasteiger partial charge < -0.3 is 10.5 Å². The summed E-state index contributed by atoms with van der Waals surface area (Å²) in [5, 5.41) is 0.666. The van der Waals surface area contributed by atoms with E-state index in [1.807, 2.05) is 37.3 Å². The van der Waals surface area contributed by atoms with Crippen molar-refractivity contribution < 1.29 is 4.74 Å². The van der Waals surface area contributed by atoms with Crippen molar-refractivity contribution in [2.75, 3.05) is 7.11 Å². The van der Waals surface area contributed by atoms with E-state index in [2.05, 4.69) is 4.98 Å². The molecule has 0 amide bonds. The number of hydrogen-bond donors (Lipinski definition) is 1. The standard InChI is InChI=1S/C16H19ClN2O/c1-16(18,10-13-7-8-19-11-15(13)17)9-12-3-5-14(20-2)6-4-12/h3-8,11H,9-10,18H2,1-2H3. The molecule has 0 aliphatic heterocycles. The van der Waals surface area contributed by atoms with Crippen molar-refractivity contribution >= 4 is 11.6 Å². The maximum atomic E-state index is 6.41. The molecule has 0 fully saturated rings. The van der Waals surface area contributed by atoms with Gasteiger partial charge in [-0.1, -0.05) is 23.7 Å². The van der Waals surface area contributed by atoms with Gasteiger partial charge in [-0.2, -0.15) is 0 Å². The number of hydrogen-bond acceptors (Lipinski definition) is 3. The molecule has 0 saturated carbocycles. The Hall–Kier alpha value is -1.58. The van der Waals surface area contributed by atoms with Crippen LogP contribution in [0.15, 0.2) is 42.7 Å². The minimum Gasteiger partial charge on any atom is -0.497 e. The molecule has 0 aliphatic carbocycles. The number of ether oxygens (including phenoxy) is 1. The van der Waals surface area contributed by atoms with Crippen molar-refractivity contribution in [2.45, 2.75) is 25.3 Å². The lowest BCUT2D eigenvalue weighted by molar-refractivity contribution is 0.414. The number of nitrogens with two attached hydrogens (primary N) is 1. The molecule has 2 rings (SSSR count). The Morgan fingerprint density at radius 2 is 1.90 bits per heavy atom. The molecule has 4 heteroatoms. The lowest BCUT2D eigenvalue weighted by Crippen LogP contribution is -2.41. The predicted molar refractivity (Wildman–Crippen MR) is 82.2 cm³/mol. The molecule has 1 aromatic heterocycles. The van der Waals surface area contributed by atoms with Gasteiger partial charge in [-0.25, -0.2) is 0 Å². The number of benzene rings is 1. The third kappa shape index (κ3) is 3.95. The fourth-order valence-corrected chi connectivity index (χ4v) is 2.44. The van der Waals surface area contributed by atoms with Gasteiger partial charge in [0.2, 0.25) is 0 Å². The zero-order chi connectivity index (χ0) is 14.6. The quantitative estimate of drug-likeness (QED) is 0.919. The number of pyridine rings is 1. The molecule has 1 unspecified atom stereocenters. The van der Waals surface area contributed by atoms with Crippen molar-refractivity contribution in [3.63, 3.8) is 0 Å². The van der Waals surface area contributed by atoms with Crippen molar-refractivity contribution in [1.82, 2.24) is 4.98 Å². The minimum atomic E-state index is -0.362. The number of halogens is 1. The highest BCUT2D eigenvalue weighted by Crippen LogP contribution is 2.22. The smallest absolute Gasteiger partial charge is 0.118 e. The van der Waals surface area contributed by atoms with E-state index in [0.29, 0.717) is 11.4 Å². The Balaban J connectivity index is 2.08. The predicted octanol–water partition coefficient (Wildman–Crippen LogP) is 3.25. The topological polar surface area (TPSA) is 48.1 Å². The van der Waals surface area contributed by atoms with Crippen molar-refractivity contribution in [1.29, 1.82) is 0 Å². The Kier molecular flexibility index (Phi) is 4.63. The molecule has 0 saturated heterocycles. The highest BCUT2D eigenvalue weighted by molar-refractivity contribution is 6.31. The van der Waals surface area contributed by atoms with Crippen LogP contribution in [0.5, 0.6) is 5.75 Å². The van der Waals surface area contributed by atoms with E-state index in [1.54, 1.807) is 19.5 Å². The molecular formula is C16H19ClN2O. The molecular weight excluding hydrogens is 272 g/mol. The number of rotatable bonds is 5. The zero-order valence-corrected chi connectivity index (χ0v) is 12.5. The zero-order valence-electron chi connectivity index (χ0n) is 11.8. The summed E-state index contributed by atoms with van der Waals surface area (Å²) in [5.41, 5.74) is 8.26. The lowest BCUT2D eigenvalue weighted by atomic mass is 9.88. The summed E-state index contributed by atoms with van der Waals surface area (Å²) < 4.78 is 5.16. The molecule has 0 radical (unpaired) electrons. The maximum absolute atomic E-state index is 6.41. The average Bonchev–Trinajstić information content (AvgIpc) is 2.41. The molecule has 0 aliphatic rings. The highest BCUT2D eigenvalue weighted by Gasteiger charge is 2.21. The van der Waals surface area contributed by atoms with Crippen molar-refractivity contribution in [3.05, 3.63) is 58.9 Å². The highest BCUT2D eigenvalue weighted by atomic mass is 35.5. The van der Waals surface area contributed by atoms with E-state index in [9.17, 15) is 0 Å². The first-order valence-corrected chi connectivity index (χ1v) is 6.88. The van der Waals surface area contributed by atoms with Crippen LogP contribution in [0.1, 0.15) is 18.1 Å². The average molecular weight is 291 g/mol. The fourth-order valence-electron chi connectivity index (χ4n) is 2.25. The van der Waals surface area contributed by atoms with Crippen LogP contribution in [0.2, 0.25) is 5.02 Å². The van der Waals surface area contributed by atoms with Crippen LogP contribution in [0.25, 0.3) is 0 Å². The maximum Gasteiger partial charge on any atom is 0.118 e. The Bertz CT molecular complexity index is 567. The van der Waals surface area contributed by atoms with Crippen LogP contribution in [0.4, 0.5) is 0 Å². The number of methoxy groups -OCH3 is 1. The van der Waals surface area contributed by atoms with Gasteiger partial charge in [-0.3, -0.25) is 4.98 Å². The second kappa shape index (κ2) is 6.25. The lowest BCUT2D eigenvalue weighted by Gasteiger charge is -2.25. The van der Waals surface area contributed by atoms with Gasteiger partial charge in [0.1, 0.15) is 5.75 Å². The fraction of sp³-hybridized carbons (Fsp3) is 0.312. The van der Waals surface area contributed by atoms with Crippen LogP contribution in [0.3, 0.4) is 0 Å². The van der Waals surface area contributed by atoms with Gasteiger partial charge in [-0.15, -0.1) is 0 Å². The van der Waals surface area contributed by atoms with Gasteiger partial charge in [0, 0.05) is 17.9 Å². The third-order valence-electron chi connectivity index (χ3n) is 3.22. The summed E-state index contributed by atoms with van der Waals surface area (Å²) in [6.07, 6.45) is 4.88. The van der Waals surface area contributed by atoms with Crippen LogP contribution in [0, 0.1) is 0 Å². The summed E-state index contributed by atoms with van der Waals surface area (Å²) in [5.74, 6) is 0.852. The molecule has 1 atom stereocenters. The molecule has 2 N–H and O–H groups in total. The largest absolute Gasteiger partial charge is 0.497 e. The van der Waals surface area contributed by atoms with E-state index in [0.717, 1.165) is 17.7 Å². The monoisotopic (exact) mass is 290 g/mol. The normalized spacial score (nSPS) is 13.8. The Morgan fingerprint density at radius 3 is 2.50 bits per heavy atom. The van der Waals surface area contributed by atoms with Crippen molar-refractivity contribution in [2.24, 2.45) is 5.73 Å². The SMILES string of the molecule is COc1ccc(CC(C)(N)Cc2ccncc2Cl)cc1. The summed E-state index contributed by atoms with van der Waals surface area (Å²) >= 11 is 6.14.